The van der Waals surface area contributed by atoms with Gasteiger partial charge in [-0.2, -0.15) is 13.2 Å². The number of piperazine rings is 1. The molecule has 28 heavy (non-hydrogen) atoms. The summed E-state index contributed by atoms with van der Waals surface area (Å²) in [4.78, 5) is 40.5. The van der Waals surface area contributed by atoms with E-state index in [1.807, 2.05) is 0 Å². The molecular weight excluding hydrogens is 382 g/mol. The third-order valence-corrected chi connectivity index (χ3v) is 5.56. The number of benzene rings is 1. The maximum atomic E-state index is 13.4. The molecule has 3 aliphatic heterocycles. The molecule has 0 radical (unpaired) electrons. The molecule has 1 aromatic carbocycles. The SMILES string of the molecule is O=C(N[C@H]1C[C@H]2C(=O)N3CCC[C@H]3C(=O)N2C1)c1ccc(F)c(C(F)(F)F)c1. The largest absolute Gasteiger partial charge is 0.419 e. The van der Waals surface area contributed by atoms with Crippen LogP contribution in [-0.2, 0) is 15.8 Å². The van der Waals surface area contributed by atoms with Crippen molar-refractivity contribution in [2.45, 2.75) is 43.6 Å². The summed E-state index contributed by atoms with van der Waals surface area (Å²) in [7, 11) is 0. The van der Waals surface area contributed by atoms with Crippen LogP contribution in [0.3, 0.4) is 0 Å². The summed E-state index contributed by atoms with van der Waals surface area (Å²) in [6.45, 7) is 0.658. The molecule has 0 bridgehead atoms. The molecule has 0 spiro atoms. The molecule has 1 N–H and O–H groups in total. The van der Waals surface area contributed by atoms with E-state index in [9.17, 15) is 31.9 Å². The zero-order valence-corrected chi connectivity index (χ0v) is 14.6. The molecule has 0 aromatic heterocycles. The van der Waals surface area contributed by atoms with Crippen LogP contribution < -0.4 is 5.32 Å². The molecule has 6 nitrogen and oxygen atoms in total. The standard InChI is InChI=1S/C18H17F4N3O3/c19-12-4-3-9(6-11(12)18(20,21)22)15(26)23-10-7-14-17(28)24-5-1-2-13(24)16(27)25(14)8-10/h3-4,6,10,13-14H,1-2,5,7-8H2,(H,23,26)/t10-,13-,14-/m0/s1. The summed E-state index contributed by atoms with van der Waals surface area (Å²) >= 11 is 0. The zero-order valence-electron chi connectivity index (χ0n) is 14.6. The fourth-order valence-corrected chi connectivity index (χ4v) is 4.24. The van der Waals surface area contributed by atoms with E-state index >= 15 is 0 Å². The van der Waals surface area contributed by atoms with Gasteiger partial charge in [-0.05, 0) is 37.5 Å². The van der Waals surface area contributed by atoms with Gasteiger partial charge in [0, 0.05) is 24.7 Å². The minimum absolute atomic E-state index is 0.124. The average molecular weight is 399 g/mol. The minimum atomic E-state index is -4.92. The first kappa shape index (κ1) is 18.7. The van der Waals surface area contributed by atoms with Crippen molar-refractivity contribution in [3.63, 3.8) is 0 Å². The molecule has 3 saturated heterocycles. The molecule has 0 aliphatic carbocycles. The number of nitrogens with one attached hydrogen (secondary N) is 1. The van der Waals surface area contributed by atoms with Gasteiger partial charge in [-0.25, -0.2) is 4.39 Å². The van der Waals surface area contributed by atoms with Gasteiger partial charge in [-0.1, -0.05) is 0 Å². The van der Waals surface area contributed by atoms with E-state index in [1.165, 1.54) is 4.90 Å². The molecular formula is C18H17F4N3O3. The smallest absolute Gasteiger partial charge is 0.347 e. The van der Waals surface area contributed by atoms with Crippen molar-refractivity contribution in [2.24, 2.45) is 0 Å². The molecule has 3 aliphatic rings. The summed E-state index contributed by atoms with van der Waals surface area (Å²) in [6.07, 6.45) is -3.33. The molecule has 3 fully saturated rings. The van der Waals surface area contributed by atoms with E-state index in [4.69, 9.17) is 0 Å². The Kier molecular flexibility index (Phi) is 4.31. The van der Waals surface area contributed by atoms with Gasteiger partial charge < -0.3 is 15.1 Å². The van der Waals surface area contributed by atoms with Crippen LogP contribution in [-0.4, -0.2) is 58.7 Å². The summed E-state index contributed by atoms with van der Waals surface area (Å²) in [5, 5.41) is 2.56. The predicted molar refractivity (Wildman–Crippen MR) is 87.5 cm³/mol. The molecule has 4 rings (SSSR count). The van der Waals surface area contributed by atoms with E-state index < -0.39 is 41.6 Å². The number of rotatable bonds is 2. The van der Waals surface area contributed by atoms with E-state index in [0.717, 1.165) is 12.5 Å². The van der Waals surface area contributed by atoms with Gasteiger partial charge in [-0.15, -0.1) is 0 Å². The van der Waals surface area contributed by atoms with Crippen molar-refractivity contribution in [1.29, 1.82) is 0 Å². The van der Waals surface area contributed by atoms with Crippen LogP contribution >= 0.6 is 0 Å². The van der Waals surface area contributed by atoms with Gasteiger partial charge in [-0.3, -0.25) is 14.4 Å². The molecule has 150 valence electrons. The second-order valence-electron chi connectivity index (χ2n) is 7.29. The maximum Gasteiger partial charge on any atom is 0.419 e. The average Bonchev–Trinajstić information content (AvgIpc) is 3.26. The van der Waals surface area contributed by atoms with Crippen molar-refractivity contribution < 1.29 is 31.9 Å². The van der Waals surface area contributed by atoms with Crippen molar-refractivity contribution in [2.75, 3.05) is 13.1 Å². The summed E-state index contributed by atoms with van der Waals surface area (Å²) in [6, 6.07) is 0.339. The summed E-state index contributed by atoms with van der Waals surface area (Å²) < 4.78 is 51.9. The third-order valence-electron chi connectivity index (χ3n) is 5.56. The Morgan fingerprint density at radius 2 is 1.82 bits per heavy atom. The first-order valence-corrected chi connectivity index (χ1v) is 8.95. The van der Waals surface area contributed by atoms with Gasteiger partial charge >= 0.3 is 6.18 Å². The molecule has 0 unspecified atom stereocenters. The predicted octanol–water partition coefficient (Wildman–Crippen LogP) is 1.55. The maximum absolute atomic E-state index is 13.4. The second kappa shape index (κ2) is 6.46. The van der Waals surface area contributed by atoms with Crippen molar-refractivity contribution in [3.8, 4) is 0 Å². The highest BCUT2D eigenvalue weighted by atomic mass is 19.4. The quantitative estimate of drug-likeness (QED) is 0.768. The molecule has 3 amide bonds. The molecule has 3 heterocycles. The molecule has 0 saturated carbocycles. The number of carbonyl (C=O) groups excluding carboxylic acids is 3. The number of halogens is 4. The number of hydrogen-bond donors (Lipinski definition) is 1. The van der Waals surface area contributed by atoms with Gasteiger partial charge in [0.25, 0.3) is 5.91 Å². The van der Waals surface area contributed by atoms with Crippen molar-refractivity contribution in [3.05, 3.63) is 35.1 Å². The molecule has 3 atom stereocenters. The highest BCUT2D eigenvalue weighted by Crippen LogP contribution is 2.33. The number of amides is 3. The van der Waals surface area contributed by atoms with Crippen LogP contribution in [0.5, 0.6) is 0 Å². The van der Waals surface area contributed by atoms with Gasteiger partial charge in [0.2, 0.25) is 11.8 Å². The van der Waals surface area contributed by atoms with Crippen LogP contribution in [0.15, 0.2) is 18.2 Å². The lowest BCUT2D eigenvalue weighted by atomic mass is 10.1. The summed E-state index contributed by atoms with van der Waals surface area (Å²) in [5.74, 6) is -2.57. The van der Waals surface area contributed by atoms with Crippen LogP contribution in [0.4, 0.5) is 17.6 Å². The van der Waals surface area contributed by atoms with Crippen LogP contribution in [0, 0.1) is 5.82 Å². The Morgan fingerprint density at radius 3 is 2.54 bits per heavy atom. The lowest BCUT2D eigenvalue weighted by Gasteiger charge is -2.38. The fourth-order valence-electron chi connectivity index (χ4n) is 4.24. The zero-order chi connectivity index (χ0) is 20.2. The number of alkyl halides is 3. The van der Waals surface area contributed by atoms with E-state index in [2.05, 4.69) is 5.32 Å². The van der Waals surface area contributed by atoms with Crippen LogP contribution in [0.1, 0.15) is 35.2 Å². The first-order valence-electron chi connectivity index (χ1n) is 8.95. The second-order valence-corrected chi connectivity index (χ2v) is 7.29. The fraction of sp³-hybridized carbons (Fsp3) is 0.500. The molecule has 10 heteroatoms. The van der Waals surface area contributed by atoms with E-state index in [1.54, 1.807) is 4.90 Å². The van der Waals surface area contributed by atoms with E-state index in [0.29, 0.717) is 25.1 Å². The Balaban J connectivity index is 1.48. The number of fused-ring (bicyclic) bond motifs is 2. The van der Waals surface area contributed by atoms with Crippen molar-refractivity contribution in [1.82, 2.24) is 15.1 Å². The van der Waals surface area contributed by atoms with Crippen LogP contribution in [0.25, 0.3) is 0 Å². The Hall–Kier alpha value is -2.65. The van der Waals surface area contributed by atoms with Crippen LogP contribution in [0.2, 0.25) is 0 Å². The number of hydrogen-bond acceptors (Lipinski definition) is 3. The lowest BCUT2D eigenvalue weighted by molar-refractivity contribution is -0.156. The van der Waals surface area contributed by atoms with Gasteiger partial charge in [0.05, 0.1) is 5.56 Å². The lowest BCUT2D eigenvalue weighted by Crippen LogP contribution is -2.60. The monoisotopic (exact) mass is 399 g/mol. The highest BCUT2D eigenvalue weighted by molar-refractivity contribution is 5.98. The van der Waals surface area contributed by atoms with Gasteiger partial charge in [0.1, 0.15) is 17.9 Å². The Labute approximate surface area is 157 Å². The van der Waals surface area contributed by atoms with E-state index in [-0.39, 0.29) is 30.3 Å². The first-order chi connectivity index (χ1) is 13.2. The normalized spacial score (nSPS) is 27.1. The molecule has 1 aromatic rings. The minimum Gasteiger partial charge on any atom is -0.347 e. The topological polar surface area (TPSA) is 69.7 Å². The third kappa shape index (κ3) is 3.00. The Bertz CT molecular complexity index is 827. The number of nitrogens with zero attached hydrogens (tertiary/aromatic N) is 2. The summed E-state index contributed by atoms with van der Waals surface area (Å²) in [5.41, 5.74) is -1.85. The Morgan fingerprint density at radius 1 is 1.11 bits per heavy atom. The van der Waals surface area contributed by atoms with Gasteiger partial charge in [0.15, 0.2) is 0 Å². The number of carbonyl (C=O) groups is 3. The van der Waals surface area contributed by atoms with Crippen molar-refractivity contribution >= 4 is 17.7 Å². The highest BCUT2D eigenvalue weighted by Gasteiger charge is 2.51.